The lowest BCUT2D eigenvalue weighted by atomic mass is 10.1. The van der Waals surface area contributed by atoms with Crippen LogP contribution < -0.4 is 0 Å². The highest BCUT2D eigenvalue weighted by atomic mass is 32.2. The molecule has 2 rings (SSSR count). The summed E-state index contributed by atoms with van der Waals surface area (Å²) in [6, 6.07) is 0. The van der Waals surface area contributed by atoms with Gasteiger partial charge >= 0.3 is 5.97 Å². The maximum absolute atomic E-state index is 10.9. The van der Waals surface area contributed by atoms with Crippen LogP contribution in [0, 0.1) is 5.92 Å². The Labute approximate surface area is 86.1 Å². The van der Waals surface area contributed by atoms with Crippen molar-refractivity contribution < 1.29 is 9.90 Å². The van der Waals surface area contributed by atoms with Crippen LogP contribution in [0.2, 0.25) is 0 Å². The number of hydrogen-bond acceptors (Lipinski definition) is 3. The van der Waals surface area contributed by atoms with Crippen molar-refractivity contribution in [2.75, 3.05) is 0 Å². The van der Waals surface area contributed by atoms with Gasteiger partial charge in [0, 0.05) is 17.6 Å². The Bertz CT molecular complexity index is 313. The van der Waals surface area contributed by atoms with E-state index in [0.29, 0.717) is 0 Å². The average Bonchev–Trinajstić information content (AvgIpc) is 2.75. The SMILES string of the molecule is O=C(O)C1CCCC1Sc1ncc[nH]1. The number of nitrogens with one attached hydrogen (secondary N) is 1. The maximum Gasteiger partial charge on any atom is 0.307 e. The lowest BCUT2D eigenvalue weighted by Crippen LogP contribution is -2.20. The summed E-state index contributed by atoms with van der Waals surface area (Å²) in [6.45, 7) is 0. The van der Waals surface area contributed by atoms with Gasteiger partial charge in [0.2, 0.25) is 0 Å². The second-order valence-corrected chi connectivity index (χ2v) is 4.65. The van der Waals surface area contributed by atoms with Gasteiger partial charge in [-0.15, -0.1) is 0 Å². The Hall–Kier alpha value is -0.970. The summed E-state index contributed by atoms with van der Waals surface area (Å²) >= 11 is 1.55. The summed E-state index contributed by atoms with van der Waals surface area (Å²) in [6.07, 6.45) is 6.23. The Morgan fingerprint density at radius 1 is 1.64 bits per heavy atom. The molecule has 0 saturated heterocycles. The standard InChI is InChI=1S/C9H12N2O2S/c12-8(13)6-2-1-3-7(6)14-9-10-4-5-11-9/h4-7H,1-3H2,(H,10,11)(H,12,13). The first-order chi connectivity index (χ1) is 6.77. The minimum absolute atomic E-state index is 0.179. The smallest absolute Gasteiger partial charge is 0.307 e. The Kier molecular flexibility index (Phi) is 2.77. The van der Waals surface area contributed by atoms with Crippen LogP contribution in [-0.4, -0.2) is 26.3 Å². The topological polar surface area (TPSA) is 66.0 Å². The molecule has 1 saturated carbocycles. The molecule has 0 amide bonds. The first kappa shape index (κ1) is 9.58. The number of carboxylic acid groups (broad SMARTS) is 1. The van der Waals surface area contributed by atoms with Gasteiger partial charge in [0.05, 0.1) is 5.92 Å². The monoisotopic (exact) mass is 212 g/mol. The van der Waals surface area contributed by atoms with Gasteiger partial charge < -0.3 is 10.1 Å². The molecule has 1 heterocycles. The second-order valence-electron chi connectivity index (χ2n) is 3.43. The zero-order valence-electron chi connectivity index (χ0n) is 7.64. The van der Waals surface area contributed by atoms with Gasteiger partial charge in [0.15, 0.2) is 5.16 Å². The molecule has 5 heteroatoms. The molecule has 14 heavy (non-hydrogen) atoms. The first-order valence-electron chi connectivity index (χ1n) is 4.66. The quantitative estimate of drug-likeness (QED) is 0.801. The van der Waals surface area contributed by atoms with Crippen molar-refractivity contribution in [3.05, 3.63) is 12.4 Å². The van der Waals surface area contributed by atoms with E-state index in [1.54, 1.807) is 24.2 Å². The molecule has 2 N–H and O–H groups in total. The molecule has 1 aromatic rings. The predicted molar refractivity (Wildman–Crippen MR) is 53.2 cm³/mol. The number of H-pyrrole nitrogens is 1. The number of aliphatic carboxylic acids is 1. The summed E-state index contributed by atoms with van der Waals surface area (Å²) in [5, 5.41) is 9.97. The molecule has 4 nitrogen and oxygen atoms in total. The number of aromatic amines is 1. The maximum atomic E-state index is 10.9. The molecule has 0 spiro atoms. The molecule has 0 radical (unpaired) electrons. The fraction of sp³-hybridized carbons (Fsp3) is 0.556. The van der Waals surface area contributed by atoms with E-state index in [4.69, 9.17) is 5.11 Å². The van der Waals surface area contributed by atoms with Gasteiger partial charge in [-0.2, -0.15) is 0 Å². The van der Waals surface area contributed by atoms with E-state index in [1.807, 2.05) is 0 Å². The van der Waals surface area contributed by atoms with E-state index < -0.39 is 5.97 Å². The third-order valence-corrected chi connectivity index (χ3v) is 3.82. The Balaban J connectivity index is 2.00. The molecule has 1 aliphatic carbocycles. The van der Waals surface area contributed by atoms with Crippen LogP contribution >= 0.6 is 11.8 Å². The molecular formula is C9H12N2O2S. The van der Waals surface area contributed by atoms with Crippen molar-refractivity contribution in [1.29, 1.82) is 0 Å². The molecule has 1 aromatic heterocycles. The van der Waals surface area contributed by atoms with E-state index in [2.05, 4.69) is 9.97 Å². The zero-order chi connectivity index (χ0) is 9.97. The number of aromatic nitrogens is 2. The van der Waals surface area contributed by atoms with Crippen molar-refractivity contribution in [2.24, 2.45) is 5.92 Å². The highest BCUT2D eigenvalue weighted by molar-refractivity contribution is 7.99. The zero-order valence-corrected chi connectivity index (χ0v) is 8.46. The number of imidazole rings is 1. The minimum Gasteiger partial charge on any atom is -0.481 e. The number of thioether (sulfide) groups is 1. The van der Waals surface area contributed by atoms with Gasteiger partial charge in [-0.1, -0.05) is 18.2 Å². The normalized spacial score (nSPS) is 26.6. The molecule has 0 bridgehead atoms. The highest BCUT2D eigenvalue weighted by Gasteiger charge is 2.33. The van der Waals surface area contributed by atoms with Crippen molar-refractivity contribution >= 4 is 17.7 Å². The first-order valence-corrected chi connectivity index (χ1v) is 5.54. The van der Waals surface area contributed by atoms with Crippen LogP contribution in [0.4, 0.5) is 0 Å². The molecule has 76 valence electrons. The summed E-state index contributed by atoms with van der Waals surface area (Å²) in [4.78, 5) is 18.0. The fourth-order valence-corrected chi connectivity index (χ4v) is 3.05. The molecule has 2 atom stereocenters. The molecule has 0 aromatic carbocycles. The largest absolute Gasteiger partial charge is 0.481 e. The Morgan fingerprint density at radius 3 is 3.14 bits per heavy atom. The van der Waals surface area contributed by atoms with Crippen LogP contribution in [0.25, 0.3) is 0 Å². The van der Waals surface area contributed by atoms with Crippen LogP contribution in [0.15, 0.2) is 17.6 Å². The fourth-order valence-electron chi connectivity index (χ4n) is 1.81. The minimum atomic E-state index is -0.674. The van der Waals surface area contributed by atoms with Gasteiger partial charge in [0.1, 0.15) is 0 Å². The summed E-state index contributed by atoms with van der Waals surface area (Å²) in [5.41, 5.74) is 0. The predicted octanol–water partition coefficient (Wildman–Crippen LogP) is 1.76. The summed E-state index contributed by atoms with van der Waals surface area (Å²) in [5.74, 6) is -0.878. The summed E-state index contributed by atoms with van der Waals surface area (Å²) in [7, 11) is 0. The van der Waals surface area contributed by atoms with E-state index in [-0.39, 0.29) is 11.2 Å². The van der Waals surface area contributed by atoms with Gasteiger partial charge in [-0.05, 0) is 12.8 Å². The summed E-state index contributed by atoms with van der Waals surface area (Å²) < 4.78 is 0. The van der Waals surface area contributed by atoms with E-state index in [9.17, 15) is 4.79 Å². The van der Waals surface area contributed by atoms with Crippen LogP contribution in [0.5, 0.6) is 0 Å². The molecule has 0 aliphatic heterocycles. The number of carbonyl (C=O) groups is 1. The molecular weight excluding hydrogens is 200 g/mol. The van der Waals surface area contributed by atoms with Gasteiger partial charge in [-0.25, -0.2) is 4.98 Å². The third kappa shape index (κ3) is 1.92. The van der Waals surface area contributed by atoms with E-state index in [1.165, 1.54) is 0 Å². The van der Waals surface area contributed by atoms with Crippen molar-refractivity contribution in [1.82, 2.24) is 9.97 Å². The van der Waals surface area contributed by atoms with Gasteiger partial charge in [-0.3, -0.25) is 4.79 Å². The van der Waals surface area contributed by atoms with Crippen LogP contribution in [0.3, 0.4) is 0 Å². The van der Waals surface area contributed by atoms with Crippen molar-refractivity contribution in [3.8, 4) is 0 Å². The number of carboxylic acids is 1. The molecule has 1 aliphatic rings. The van der Waals surface area contributed by atoms with E-state index >= 15 is 0 Å². The van der Waals surface area contributed by atoms with Crippen LogP contribution in [-0.2, 0) is 4.79 Å². The molecule has 1 fully saturated rings. The van der Waals surface area contributed by atoms with Crippen LogP contribution in [0.1, 0.15) is 19.3 Å². The molecule has 2 unspecified atom stereocenters. The Morgan fingerprint density at radius 2 is 2.50 bits per heavy atom. The van der Waals surface area contributed by atoms with Crippen molar-refractivity contribution in [2.45, 2.75) is 29.7 Å². The third-order valence-electron chi connectivity index (χ3n) is 2.51. The van der Waals surface area contributed by atoms with Gasteiger partial charge in [0.25, 0.3) is 0 Å². The lowest BCUT2D eigenvalue weighted by molar-refractivity contribution is -0.141. The average molecular weight is 212 g/mol. The van der Waals surface area contributed by atoms with Crippen molar-refractivity contribution in [3.63, 3.8) is 0 Å². The van der Waals surface area contributed by atoms with E-state index in [0.717, 1.165) is 24.4 Å². The lowest BCUT2D eigenvalue weighted by Gasteiger charge is -2.12. The second kappa shape index (κ2) is 4.04. The highest BCUT2D eigenvalue weighted by Crippen LogP contribution is 2.37. The number of hydrogen-bond donors (Lipinski definition) is 2. The number of nitrogens with zero attached hydrogens (tertiary/aromatic N) is 1. The number of rotatable bonds is 3.